The fourth-order valence-corrected chi connectivity index (χ4v) is 3.92. The molecule has 1 unspecified atom stereocenters. The molecule has 1 nitrogen and oxygen atoms in total. The zero-order chi connectivity index (χ0) is 14.9. The molecule has 1 aromatic carbocycles. The molecule has 2 rings (SSSR count). The van der Waals surface area contributed by atoms with Gasteiger partial charge in [0.05, 0.1) is 6.04 Å². The van der Waals surface area contributed by atoms with Crippen molar-refractivity contribution in [3.8, 4) is 0 Å². The molecule has 1 atom stereocenters. The molecule has 0 amide bonds. The van der Waals surface area contributed by atoms with Gasteiger partial charge in [0.15, 0.2) is 0 Å². The van der Waals surface area contributed by atoms with Crippen LogP contribution in [0.25, 0.3) is 0 Å². The summed E-state index contributed by atoms with van der Waals surface area (Å²) < 4.78 is 0. The minimum Gasteiger partial charge on any atom is -0.309 e. The summed E-state index contributed by atoms with van der Waals surface area (Å²) in [6.07, 6.45) is 1.12. The van der Waals surface area contributed by atoms with Crippen molar-refractivity contribution in [3.05, 3.63) is 55.8 Å². The van der Waals surface area contributed by atoms with Crippen molar-refractivity contribution in [1.29, 1.82) is 0 Å². The number of thiophene rings is 1. The first-order chi connectivity index (χ1) is 9.49. The molecule has 0 aliphatic rings. The summed E-state index contributed by atoms with van der Waals surface area (Å²) in [5, 5.41) is 3.52. The zero-order valence-corrected chi connectivity index (χ0v) is 14.2. The second-order valence-electron chi connectivity index (χ2n) is 5.55. The van der Waals surface area contributed by atoms with Crippen LogP contribution in [0.3, 0.4) is 0 Å². The minimum absolute atomic E-state index is 0.305. The van der Waals surface area contributed by atoms with Crippen LogP contribution in [0.2, 0.25) is 0 Å². The Hall–Kier alpha value is -1.12. The van der Waals surface area contributed by atoms with Crippen molar-refractivity contribution in [2.45, 2.75) is 47.1 Å². The van der Waals surface area contributed by atoms with Gasteiger partial charge in [0.2, 0.25) is 0 Å². The van der Waals surface area contributed by atoms with E-state index in [0.29, 0.717) is 6.04 Å². The van der Waals surface area contributed by atoms with E-state index < -0.39 is 0 Å². The highest BCUT2D eigenvalue weighted by Gasteiger charge is 2.20. The largest absolute Gasteiger partial charge is 0.309 e. The predicted octanol–water partition coefficient (Wildman–Crippen LogP) is 4.85. The Balaban J connectivity index is 2.57. The van der Waals surface area contributed by atoms with Crippen LogP contribution in [0.1, 0.15) is 50.5 Å². The van der Waals surface area contributed by atoms with Crippen molar-refractivity contribution < 1.29 is 0 Å². The van der Waals surface area contributed by atoms with Gasteiger partial charge < -0.3 is 5.32 Å². The van der Waals surface area contributed by atoms with Crippen LogP contribution >= 0.6 is 11.3 Å². The average molecular weight is 287 g/mol. The fourth-order valence-electron chi connectivity index (χ4n) is 2.85. The van der Waals surface area contributed by atoms with Crippen molar-refractivity contribution in [1.82, 2.24) is 5.32 Å². The highest BCUT2D eigenvalue weighted by atomic mass is 32.1. The molecule has 0 saturated heterocycles. The summed E-state index contributed by atoms with van der Waals surface area (Å²) in [5.74, 6) is 0. The van der Waals surface area contributed by atoms with Gasteiger partial charge in [-0.1, -0.05) is 13.0 Å². The fraction of sp³-hybridized carbons (Fsp3) is 0.444. The van der Waals surface area contributed by atoms with Crippen molar-refractivity contribution in [2.75, 3.05) is 7.05 Å². The molecule has 0 fully saturated rings. The molecule has 108 valence electrons. The highest BCUT2D eigenvalue weighted by molar-refractivity contribution is 7.12. The van der Waals surface area contributed by atoms with E-state index in [2.05, 4.69) is 65.2 Å². The standard InChI is InChI=1S/C18H25NS/c1-7-15-8-9-16(20-15)18(19-6)17-13(4)11(2)10-12(3)14(17)5/h8-10,18-19H,7H2,1-6H3. The van der Waals surface area contributed by atoms with Crippen molar-refractivity contribution in [3.63, 3.8) is 0 Å². The lowest BCUT2D eigenvalue weighted by Crippen LogP contribution is -2.19. The number of hydrogen-bond donors (Lipinski definition) is 1. The molecule has 0 spiro atoms. The number of aryl methyl sites for hydroxylation is 3. The third-order valence-electron chi connectivity index (χ3n) is 4.32. The molecule has 1 heterocycles. The number of benzene rings is 1. The summed E-state index contributed by atoms with van der Waals surface area (Å²) >= 11 is 1.93. The van der Waals surface area contributed by atoms with E-state index in [1.807, 2.05) is 11.3 Å². The van der Waals surface area contributed by atoms with E-state index in [9.17, 15) is 0 Å². The van der Waals surface area contributed by atoms with Crippen LogP contribution in [0, 0.1) is 27.7 Å². The number of hydrogen-bond acceptors (Lipinski definition) is 2. The van der Waals surface area contributed by atoms with Gasteiger partial charge in [0.25, 0.3) is 0 Å². The van der Waals surface area contributed by atoms with Gasteiger partial charge in [0, 0.05) is 9.75 Å². The smallest absolute Gasteiger partial charge is 0.0674 e. The summed E-state index contributed by atoms with van der Waals surface area (Å²) in [5.41, 5.74) is 7.05. The minimum atomic E-state index is 0.305. The van der Waals surface area contributed by atoms with Gasteiger partial charge in [0.1, 0.15) is 0 Å². The first kappa shape index (κ1) is 15.3. The molecule has 1 aromatic heterocycles. The molecule has 1 N–H and O–H groups in total. The summed E-state index contributed by atoms with van der Waals surface area (Å²) in [6.45, 7) is 11.1. The molecular weight excluding hydrogens is 262 g/mol. The predicted molar refractivity (Wildman–Crippen MR) is 90.0 cm³/mol. The van der Waals surface area contributed by atoms with Gasteiger partial charge in [-0.25, -0.2) is 0 Å². The molecular formula is C18H25NS. The maximum atomic E-state index is 3.52. The molecule has 20 heavy (non-hydrogen) atoms. The van der Waals surface area contributed by atoms with E-state index in [-0.39, 0.29) is 0 Å². The maximum Gasteiger partial charge on any atom is 0.0674 e. The highest BCUT2D eigenvalue weighted by Crippen LogP contribution is 2.34. The van der Waals surface area contributed by atoms with Gasteiger partial charge in [-0.3, -0.25) is 0 Å². The Morgan fingerprint density at radius 3 is 2.10 bits per heavy atom. The summed E-state index contributed by atoms with van der Waals surface area (Å²) in [4.78, 5) is 2.88. The average Bonchev–Trinajstić information content (AvgIpc) is 2.90. The van der Waals surface area contributed by atoms with Crippen LogP contribution in [-0.4, -0.2) is 7.05 Å². The Labute approximate surface area is 127 Å². The van der Waals surface area contributed by atoms with Crippen LogP contribution in [0.15, 0.2) is 18.2 Å². The van der Waals surface area contributed by atoms with E-state index in [1.54, 1.807) is 0 Å². The van der Waals surface area contributed by atoms with E-state index in [0.717, 1.165) is 6.42 Å². The van der Waals surface area contributed by atoms with Crippen LogP contribution in [0.4, 0.5) is 0 Å². The third-order valence-corrected chi connectivity index (χ3v) is 5.61. The molecule has 0 saturated carbocycles. The molecule has 0 bridgehead atoms. The number of nitrogens with one attached hydrogen (secondary N) is 1. The van der Waals surface area contributed by atoms with Gasteiger partial charge >= 0.3 is 0 Å². The van der Waals surface area contributed by atoms with E-state index in [4.69, 9.17) is 0 Å². The lowest BCUT2D eigenvalue weighted by atomic mass is 9.89. The normalized spacial score (nSPS) is 12.7. The van der Waals surface area contributed by atoms with E-state index >= 15 is 0 Å². The van der Waals surface area contributed by atoms with Crippen LogP contribution in [0.5, 0.6) is 0 Å². The lowest BCUT2D eigenvalue weighted by Gasteiger charge is -2.23. The van der Waals surface area contributed by atoms with E-state index in [1.165, 1.54) is 37.6 Å². The zero-order valence-electron chi connectivity index (χ0n) is 13.4. The number of rotatable bonds is 4. The quantitative estimate of drug-likeness (QED) is 0.847. The third kappa shape index (κ3) is 2.68. The molecule has 0 radical (unpaired) electrons. The Bertz CT molecular complexity index is 584. The van der Waals surface area contributed by atoms with Crippen LogP contribution in [-0.2, 0) is 6.42 Å². The van der Waals surface area contributed by atoms with Gasteiger partial charge in [-0.15, -0.1) is 11.3 Å². The first-order valence-corrected chi connectivity index (χ1v) is 8.14. The Kier molecular flexibility index (Phi) is 4.66. The van der Waals surface area contributed by atoms with Gasteiger partial charge in [-0.05, 0) is 81.1 Å². The lowest BCUT2D eigenvalue weighted by molar-refractivity contribution is 0.693. The molecule has 2 heteroatoms. The Morgan fingerprint density at radius 2 is 1.65 bits per heavy atom. The van der Waals surface area contributed by atoms with Crippen LogP contribution < -0.4 is 5.32 Å². The molecule has 0 aliphatic heterocycles. The van der Waals surface area contributed by atoms with Gasteiger partial charge in [-0.2, -0.15) is 0 Å². The SMILES string of the molecule is CCc1ccc(C(NC)c2c(C)c(C)cc(C)c2C)s1. The maximum absolute atomic E-state index is 3.52. The van der Waals surface area contributed by atoms with Crippen molar-refractivity contribution in [2.24, 2.45) is 0 Å². The summed E-state index contributed by atoms with van der Waals surface area (Å²) in [6, 6.07) is 7.14. The van der Waals surface area contributed by atoms with Crippen molar-refractivity contribution >= 4 is 11.3 Å². The molecule has 2 aromatic rings. The Morgan fingerprint density at radius 1 is 1.05 bits per heavy atom. The topological polar surface area (TPSA) is 12.0 Å². The first-order valence-electron chi connectivity index (χ1n) is 7.32. The summed E-state index contributed by atoms with van der Waals surface area (Å²) in [7, 11) is 2.06. The second kappa shape index (κ2) is 6.11. The monoisotopic (exact) mass is 287 g/mol. The molecule has 0 aliphatic carbocycles. The second-order valence-corrected chi connectivity index (χ2v) is 6.75.